The summed E-state index contributed by atoms with van der Waals surface area (Å²) in [5.74, 6) is -0.548. The minimum Gasteiger partial charge on any atom is -0.344 e. The Labute approximate surface area is 156 Å². The summed E-state index contributed by atoms with van der Waals surface area (Å²) in [6.07, 6.45) is 5.05. The van der Waals surface area contributed by atoms with Crippen LogP contribution >= 0.6 is 22.6 Å². The molecule has 2 aliphatic rings. The number of nitrogens with two attached hydrogens (primary N) is 1. The van der Waals surface area contributed by atoms with E-state index in [0.717, 1.165) is 34.8 Å². The molecule has 8 heteroatoms. The third-order valence-corrected chi connectivity index (χ3v) is 6.00. The number of benzene rings is 1. The summed E-state index contributed by atoms with van der Waals surface area (Å²) in [4.78, 5) is 0. The fourth-order valence-corrected chi connectivity index (χ4v) is 4.48. The molecule has 134 valence electrons. The summed E-state index contributed by atoms with van der Waals surface area (Å²) >= 11 is 2.29. The van der Waals surface area contributed by atoms with Crippen LogP contribution in [-0.4, -0.2) is 26.9 Å². The highest BCUT2D eigenvalue weighted by atomic mass is 127. The molecule has 0 amide bonds. The maximum absolute atomic E-state index is 11.0. The second-order valence-corrected chi connectivity index (χ2v) is 8.67. The fourth-order valence-electron chi connectivity index (χ4n) is 3.46. The Morgan fingerprint density at radius 2 is 1.92 bits per heavy atom. The van der Waals surface area contributed by atoms with Crippen LogP contribution in [0.15, 0.2) is 24.3 Å². The van der Waals surface area contributed by atoms with E-state index in [1.54, 1.807) is 0 Å². The van der Waals surface area contributed by atoms with Gasteiger partial charge in [0.25, 0.3) is 0 Å². The van der Waals surface area contributed by atoms with Crippen LogP contribution in [0.2, 0.25) is 0 Å². The van der Waals surface area contributed by atoms with Crippen molar-refractivity contribution in [2.75, 3.05) is 6.61 Å². The highest BCUT2D eigenvalue weighted by Gasteiger charge is 2.48. The highest BCUT2D eigenvalue weighted by molar-refractivity contribution is 14.1. The molecule has 0 bridgehead atoms. The Bertz CT molecular complexity index is 675. The number of halogens is 1. The normalized spacial score (nSPS) is 26.8. The number of rotatable bonds is 5. The Morgan fingerprint density at radius 1 is 1.21 bits per heavy atom. The molecule has 6 nitrogen and oxygen atoms in total. The molecule has 24 heavy (non-hydrogen) atoms. The average Bonchev–Trinajstić information content (AvgIpc) is 2.85. The maximum Gasteiger partial charge on any atom is 0.333 e. The zero-order valence-electron chi connectivity index (χ0n) is 13.3. The largest absolute Gasteiger partial charge is 0.344 e. The topological polar surface area (TPSA) is 87.9 Å². The van der Waals surface area contributed by atoms with Gasteiger partial charge in [0.2, 0.25) is 0 Å². The van der Waals surface area contributed by atoms with Crippen LogP contribution in [0, 0.1) is 3.57 Å². The van der Waals surface area contributed by atoms with Crippen molar-refractivity contribution in [1.82, 2.24) is 0 Å². The molecule has 1 aliphatic carbocycles. The second-order valence-electron chi connectivity index (χ2n) is 6.29. The molecule has 1 aromatic rings. The number of ether oxygens (including phenoxy) is 2. The SMILES string of the molecule is NS(=O)(=O)OCC[C@@H]1OC2(CCCCC2)O[C@H]1c1ccccc1I. The van der Waals surface area contributed by atoms with Gasteiger partial charge in [-0.3, -0.25) is 4.18 Å². The van der Waals surface area contributed by atoms with Gasteiger partial charge in [-0.2, -0.15) is 8.42 Å². The van der Waals surface area contributed by atoms with Crippen molar-refractivity contribution in [3.8, 4) is 0 Å². The van der Waals surface area contributed by atoms with Crippen LogP contribution in [0.4, 0.5) is 0 Å². The molecular formula is C16H22INO5S. The van der Waals surface area contributed by atoms with Crippen LogP contribution in [0.1, 0.15) is 50.2 Å². The van der Waals surface area contributed by atoms with E-state index >= 15 is 0 Å². The zero-order valence-corrected chi connectivity index (χ0v) is 16.3. The lowest BCUT2D eigenvalue weighted by Crippen LogP contribution is -2.33. The Morgan fingerprint density at radius 3 is 2.58 bits per heavy atom. The van der Waals surface area contributed by atoms with Gasteiger partial charge in [-0.25, -0.2) is 5.14 Å². The molecule has 1 saturated carbocycles. The van der Waals surface area contributed by atoms with Crippen molar-refractivity contribution < 1.29 is 22.1 Å². The van der Waals surface area contributed by atoms with Gasteiger partial charge in [0.1, 0.15) is 6.10 Å². The fraction of sp³-hybridized carbons (Fsp3) is 0.625. The van der Waals surface area contributed by atoms with Crippen molar-refractivity contribution in [3.05, 3.63) is 33.4 Å². The van der Waals surface area contributed by atoms with E-state index in [4.69, 9.17) is 18.8 Å². The van der Waals surface area contributed by atoms with Gasteiger partial charge in [-0.05, 0) is 47.1 Å². The lowest BCUT2D eigenvalue weighted by atomic mass is 9.94. The minimum atomic E-state index is -3.94. The molecule has 2 N–H and O–H groups in total. The first-order valence-corrected chi connectivity index (χ1v) is 10.7. The third kappa shape index (κ3) is 4.47. The predicted octanol–water partition coefficient (Wildman–Crippen LogP) is 3.02. The summed E-state index contributed by atoms with van der Waals surface area (Å²) in [6, 6.07) is 8.02. The van der Waals surface area contributed by atoms with E-state index in [9.17, 15) is 8.42 Å². The molecule has 1 saturated heterocycles. The van der Waals surface area contributed by atoms with Crippen molar-refractivity contribution in [2.24, 2.45) is 5.14 Å². The first kappa shape index (κ1) is 18.5. The Hall–Kier alpha value is -0.260. The Kier molecular flexibility index (Phi) is 5.83. The van der Waals surface area contributed by atoms with Crippen LogP contribution in [0.25, 0.3) is 0 Å². The highest BCUT2D eigenvalue weighted by Crippen LogP contribution is 2.47. The van der Waals surface area contributed by atoms with E-state index in [1.165, 1.54) is 6.42 Å². The van der Waals surface area contributed by atoms with E-state index in [1.807, 2.05) is 24.3 Å². The van der Waals surface area contributed by atoms with Gasteiger partial charge < -0.3 is 9.47 Å². The molecule has 0 aromatic heterocycles. The van der Waals surface area contributed by atoms with Gasteiger partial charge in [-0.15, -0.1) is 0 Å². The summed E-state index contributed by atoms with van der Waals surface area (Å²) in [5.41, 5.74) is 1.07. The van der Waals surface area contributed by atoms with E-state index in [-0.39, 0.29) is 18.8 Å². The summed E-state index contributed by atoms with van der Waals surface area (Å²) in [6.45, 7) is -0.0111. The molecule has 3 rings (SSSR count). The van der Waals surface area contributed by atoms with Gasteiger partial charge in [0.05, 0.1) is 12.7 Å². The first-order valence-electron chi connectivity index (χ1n) is 8.16. The summed E-state index contributed by atoms with van der Waals surface area (Å²) in [7, 11) is -3.94. The van der Waals surface area contributed by atoms with Crippen molar-refractivity contribution in [3.63, 3.8) is 0 Å². The van der Waals surface area contributed by atoms with Gasteiger partial charge in [-0.1, -0.05) is 24.6 Å². The molecule has 2 atom stereocenters. The van der Waals surface area contributed by atoms with E-state index in [0.29, 0.717) is 6.42 Å². The number of hydrogen-bond acceptors (Lipinski definition) is 5. The smallest absolute Gasteiger partial charge is 0.333 e. The van der Waals surface area contributed by atoms with Crippen LogP contribution in [-0.2, 0) is 24.0 Å². The first-order chi connectivity index (χ1) is 11.4. The molecule has 0 radical (unpaired) electrons. The van der Waals surface area contributed by atoms with Crippen LogP contribution in [0.5, 0.6) is 0 Å². The number of hydrogen-bond donors (Lipinski definition) is 1. The average molecular weight is 467 g/mol. The predicted molar refractivity (Wildman–Crippen MR) is 97.4 cm³/mol. The molecule has 2 fully saturated rings. The zero-order chi connectivity index (χ0) is 17.2. The van der Waals surface area contributed by atoms with Crippen LogP contribution < -0.4 is 5.14 Å². The lowest BCUT2D eigenvalue weighted by Gasteiger charge is -2.32. The standard InChI is InChI=1S/C16H22INO5S/c17-13-7-3-2-6-12(13)15-14(8-11-21-24(18,19)20)22-16(23-15)9-4-1-5-10-16/h2-3,6-7,14-15H,1,4-5,8-11H2,(H2,18,19,20)/t14-,15-/m0/s1. The summed E-state index contributed by atoms with van der Waals surface area (Å²) < 4.78 is 40.4. The second kappa shape index (κ2) is 7.55. The summed E-state index contributed by atoms with van der Waals surface area (Å²) in [5, 5.41) is 4.90. The molecular weight excluding hydrogens is 445 g/mol. The van der Waals surface area contributed by atoms with Gasteiger partial charge >= 0.3 is 10.3 Å². The molecule has 1 heterocycles. The van der Waals surface area contributed by atoms with Crippen molar-refractivity contribution in [2.45, 2.75) is 56.5 Å². The van der Waals surface area contributed by atoms with E-state index < -0.39 is 16.1 Å². The van der Waals surface area contributed by atoms with Crippen LogP contribution in [0.3, 0.4) is 0 Å². The van der Waals surface area contributed by atoms with E-state index in [2.05, 4.69) is 22.6 Å². The lowest BCUT2D eigenvalue weighted by molar-refractivity contribution is -0.195. The molecule has 1 aliphatic heterocycles. The van der Waals surface area contributed by atoms with Gasteiger partial charge in [0, 0.05) is 22.8 Å². The monoisotopic (exact) mass is 467 g/mol. The third-order valence-electron chi connectivity index (χ3n) is 4.52. The minimum absolute atomic E-state index is 0.0111. The molecule has 0 unspecified atom stereocenters. The molecule has 1 aromatic carbocycles. The molecule has 1 spiro atoms. The van der Waals surface area contributed by atoms with Crippen molar-refractivity contribution in [1.29, 1.82) is 0 Å². The van der Waals surface area contributed by atoms with Gasteiger partial charge in [0.15, 0.2) is 5.79 Å². The Balaban J connectivity index is 1.78. The van der Waals surface area contributed by atoms with Crippen molar-refractivity contribution >= 4 is 32.9 Å². The maximum atomic E-state index is 11.0. The quantitative estimate of drug-likeness (QED) is 0.673.